The molecule has 0 radical (unpaired) electrons. The van der Waals surface area contributed by atoms with Crippen molar-refractivity contribution in [1.29, 1.82) is 0 Å². The number of carbonyl (C=O) groups is 2. The monoisotopic (exact) mass is 222 g/mol. The molecule has 0 aromatic heterocycles. The SMILES string of the molecule is CNCC(=O)Nc1ccc(CC(=O)O)cc1. The first-order valence-electron chi connectivity index (χ1n) is 4.87. The predicted molar refractivity (Wildman–Crippen MR) is 60.3 cm³/mol. The molecule has 86 valence electrons. The Labute approximate surface area is 93.5 Å². The lowest BCUT2D eigenvalue weighted by molar-refractivity contribution is -0.136. The largest absolute Gasteiger partial charge is 0.481 e. The molecule has 16 heavy (non-hydrogen) atoms. The van der Waals surface area contributed by atoms with E-state index in [9.17, 15) is 9.59 Å². The summed E-state index contributed by atoms with van der Waals surface area (Å²) in [5.41, 5.74) is 1.37. The van der Waals surface area contributed by atoms with Crippen LogP contribution in [0, 0.1) is 0 Å². The Morgan fingerprint density at radius 1 is 1.25 bits per heavy atom. The summed E-state index contributed by atoms with van der Waals surface area (Å²) in [7, 11) is 1.69. The van der Waals surface area contributed by atoms with Crippen molar-refractivity contribution in [3.63, 3.8) is 0 Å². The molecule has 0 atom stereocenters. The van der Waals surface area contributed by atoms with E-state index in [1.165, 1.54) is 0 Å². The Balaban J connectivity index is 2.57. The average molecular weight is 222 g/mol. The highest BCUT2D eigenvalue weighted by atomic mass is 16.4. The molecule has 0 spiro atoms. The van der Waals surface area contributed by atoms with Gasteiger partial charge in [-0.25, -0.2) is 0 Å². The predicted octanol–water partition coefficient (Wildman–Crippen LogP) is 0.472. The van der Waals surface area contributed by atoms with E-state index in [2.05, 4.69) is 10.6 Å². The number of nitrogens with one attached hydrogen (secondary N) is 2. The molecule has 0 saturated carbocycles. The summed E-state index contributed by atoms with van der Waals surface area (Å²) in [6.07, 6.45) is -0.00918. The zero-order chi connectivity index (χ0) is 12.0. The maximum absolute atomic E-state index is 11.2. The number of likely N-dealkylation sites (N-methyl/N-ethyl adjacent to an activating group) is 1. The van der Waals surface area contributed by atoms with Gasteiger partial charge in [0.2, 0.25) is 5.91 Å². The summed E-state index contributed by atoms with van der Waals surface area (Å²) in [6, 6.07) is 6.74. The Hall–Kier alpha value is -1.88. The van der Waals surface area contributed by atoms with Crippen molar-refractivity contribution >= 4 is 17.6 Å². The molecule has 0 aliphatic rings. The van der Waals surface area contributed by atoms with Gasteiger partial charge in [-0.2, -0.15) is 0 Å². The molecule has 1 amide bonds. The van der Waals surface area contributed by atoms with Crippen LogP contribution in [0.1, 0.15) is 5.56 Å². The topological polar surface area (TPSA) is 78.4 Å². The summed E-state index contributed by atoms with van der Waals surface area (Å²) >= 11 is 0. The molecule has 1 rings (SSSR count). The van der Waals surface area contributed by atoms with Crippen molar-refractivity contribution in [3.05, 3.63) is 29.8 Å². The minimum Gasteiger partial charge on any atom is -0.481 e. The third kappa shape index (κ3) is 4.10. The van der Waals surface area contributed by atoms with E-state index in [-0.39, 0.29) is 18.9 Å². The maximum atomic E-state index is 11.2. The van der Waals surface area contributed by atoms with Crippen molar-refractivity contribution < 1.29 is 14.7 Å². The summed E-state index contributed by atoms with van der Waals surface area (Å²) in [5.74, 6) is -1.000. The Kier molecular flexibility index (Phi) is 4.47. The third-order valence-electron chi connectivity index (χ3n) is 1.93. The van der Waals surface area contributed by atoms with Crippen LogP contribution in [0.3, 0.4) is 0 Å². The van der Waals surface area contributed by atoms with Crippen LogP contribution in [-0.4, -0.2) is 30.6 Å². The second kappa shape index (κ2) is 5.87. The van der Waals surface area contributed by atoms with Gasteiger partial charge in [-0.1, -0.05) is 12.1 Å². The van der Waals surface area contributed by atoms with E-state index >= 15 is 0 Å². The molecule has 1 aromatic rings. The smallest absolute Gasteiger partial charge is 0.307 e. The van der Waals surface area contributed by atoms with Gasteiger partial charge in [-0.15, -0.1) is 0 Å². The van der Waals surface area contributed by atoms with E-state index in [1.54, 1.807) is 31.3 Å². The van der Waals surface area contributed by atoms with Gasteiger partial charge in [0.25, 0.3) is 0 Å². The van der Waals surface area contributed by atoms with Crippen LogP contribution in [0.2, 0.25) is 0 Å². The molecule has 0 saturated heterocycles. The highest BCUT2D eigenvalue weighted by molar-refractivity contribution is 5.92. The van der Waals surface area contributed by atoms with Gasteiger partial charge in [0, 0.05) is 5.69 Å². The van der Waals surface area contributed by atoms with Crippen molar-refractivity contribution in [3.8, 4) is 0 Å². The highest BCUT2D eigenvalue weighted by Gasteiger charge is 2.02. The zero-order valence-corrected chi connectivity index (χ0v) is 8.99. The van der Waals surface area contributed by atoms with Gasteiger partial charge in [0.1, 0.15) is 0 Å². The van der Waals surface area contributed by atoms with Crippen LogP contribution in [0.15, 0.2) is 24.3 Å². The second-order valence-electron chi connectivity index (χ2n) is 3.35. The van der Waals surface area contributed by atoms with Crippen molar-refractivity contribution in [2.45, 2.75) is 6.42 Å². The van der Waals surface area contributed by atoms with Gasteiger partial charge < -0.3 is 15.7 Å². The lowest BCUT2D eigenvalue weighted by atomic mass is 10.1. The Morgan fingerprint density at radius 3 is 2.38 bits per heavy atom. The first-order chi connectivity index (χ1) is 7.61. The van der Waals surface area contributed by atoms with E-state index in [0.717, 1.165) is 0 Å². The molecular weight excluding hydrogens is 208 g/mol. The second-order valence-corrected chi connectivity index (χ2v) is 3.35. The van der Waals surface area contributed by atoms with Gasteiger partial charge in [0.05, 0.1) is 13.0 Å². The molecule has 0 fully saturated rings. The van der Waals surface area contributed by atoms with Crippen LogP contribution in [0.5, 0.6) is 0 Å². The van der Waals surface area contributed by atoms with Crippen LogP contribution in [0.25, 0.3) is 0 Å². The van der Waals surface area contributed by atoms with Gasteiger partial charge in [-0.05, 0) is 24.7 Å². The fourth-order valence-electron chi connectivity index (χ4n) is 1.25. The molecule has 0 aliphatic carbocycles. The van der Waals surface area contributed by atoms with Gasteiger partial charge in [0.15, 0.2) is 0 Å². The number of carboxylic acid groups (broad SMARTS) is 1. The van der Waals surface area contributed by atoms with Crippen LogP contribution < -0.4 is 10.6 Å². The number of amides is 1. The third-order valence-corrected chi connectivity index (χ3v) is 1.93. The molecule has 0 heterocycles. The number of rotatable bonds is 5. The molecule has 3 N–H and O–H groups in total. The molecular formula is C11H14N2O3. The molecule has 5 heteroatoms. The molecule has 0 aliphatic heterocycles. The zero-order valence-electron chi connectivity index (χ0n) is 8.99. The minimum absolute atomic E-state index is 0.00918. The van der Waals surface area contributed by atoms with Crippen molar-refractivity contribution in [2.24, 2.45) is 0 Å². The normalized spacial score (nSPS) is 9.81. The van der Waals surface area contributed by atoms with Crippen LogP contribution in [-0.2, 0) is 16.0 Å². The Bertz CT molecular complexity index is 373. The molecule has 0 unspecified atom stereocenters. The van der Waals surface area contributed by atoms with Gasteiger partial charge in [-0.3, -0.25) is 9.59 Å². The quantitative estimate of drug-likeness (QED) is 0.676. The lowest BCUT2D eigenvalue weighted by Gasteiger charge is -2.05. The lowest BCUT2D eigenvalue weighted by Crippen LogP contribution is -2.24. The van der Waals surface area contributed by atoms with Gasteiger partial charge >= 0.3 is 5.97 Å². The Morgan fingerprint density at radius 2 is 1.88 bits per heavy atom. The van der Waals surface area contributed by atoms with E-state index in [1.807, 2.05) is 0 Å². The molecule has 5 nitrogen and oxygen atoms in total. The van der Waals surface area contributed by atoms with E-state index in [0.29, 0.717) is 11.3 Å². The number of hydrogen-bond acceptors (Lipinski definition) is 3. The number of hydrogen-bond donors (Lipinski definition) is 3. The number of carbonyl (C=O) groups excluding carboxylic acids is 1. The van der Waals surface area contributed by atoms with E-state index < -0.39 is 5.97 Å². The maximum Gasteiger partial charge on any atom is 0.307 e. The number of benzene rings is 1. The summed E-state index contributed by atoms with van der Waals surface area (Å²) in [5, 5.41) is 14.0. The number of aliphatic carboxylic acids is 1. The van der Waals surface area contributed by atoms with E-state index in [4.69, 9.17) is 5.11 Å². The molecule has 1 aromatic carbocycles. The fourth-order valence-corrected chi connectivity index (χ4v) is 1.25. The summed E-state index contributed by atoms with van der Waals surface area (Å²) < 4.78 is 0. The standard InChI is InChI=1S/C11H14N2O3/c1-12-7-10(14)13-9-4-2-8(3-5-9)6-11(15)16/h2-5,12H,6-7H2,1H3,(H,13,14)(H,15,16). The average Bonchev–Trinajstić information content (AvgIpc) is 2.20. The number of carboxylic acids is 1. The van der Waals surface area contributed by atoms with Crippen molar-refractivity contribution in [2.75, 3.05) is 18.9 Å². The van der Waals surface area contributed by atoms with Crippen LogP contribution in [0.4, 0.5) is 5.69 Å². The number of anilines is 1. The first-order valence-corrected chi connectivity index (χ1v) is 4.87. The molecule has 0 bridgehead atoms. The minimum atomic E-state index is -0.869. The summed E-state index contributed by atoms with van der Waals surface area (Å²) in [4.78, 5) is 21.6. The highest BCUT2D eigenvalue weighted by Crippen LogP contribution is 2.09. The van der Waals surface area contributed by atoms with Crippen molar-refractivity contribution in [1.82, 2.24) is 5.32 Å². The summed E-state index contributed by atoms with van der Waals surface area (Å²) in [6.45, 7) is 0.247. The van der Waals surface area contributed by atoms with Crippen LogP contribution >= 0.6 is 0 Å². The fraction of sp³-hybridized carbons (Fsp3) is 0.273. The first kappa shape index (κ1) is 12.2.